The largest absolute Gasteiger partial charge is 0.486 e. The summed E-state index contributed by atoms with van der Waals surface area (Å²) in [5.74, 6) is -1.30. The number of carbonyl (C=O) groups excluding carboxylic acids is 1. The van der Waals surface area contributed by atoms with E-state index < -0.39 is 17.6 Å². The van der Waals surface area contributed by atoms with Gasteiger partial charge in [-0.25, -0.2) is 18.6 Å². The molecule has 3 rings (SSSR count). The first-order valence-corrected chi connectivity index (χ1v) is 8.65. The van der Waals surface area contributed by atoms with Gasteiger partial charge in [0.2, 0.25) is 0 Å². The first-order valence-electron chi connectivity index (χ1n) is 7.85. The van der Waals surface area contributed by atoms with Crippen LogP contribution in [0.3, 0.4) is 0 Å². The molecule has 3 aromatic rings. The van der Waals surface area contributed by atoms with Crippen LogP contribution in [0.5, 0.6) is 5.75 Å². The lowest BCUT2D eigenvalue weighted by Gasteiger charge is -2.12. The second-order valence-corrected chi connectivity index (χ2v) is 6.70. The van der Waals surface area contributed by atoms with Gasteiger partial charge < -0.3 is 14.0 Å². The number of halogens is 3. The Morgan fingerprint density at radius 2 is 1.96 bits per heavy atom. The molecule has 0 aliphatic rings. The summed E-state index contributed by atoms with van der Waals surface area (Å²) in [7, 11) is 3.01. The minimum Gasteiger partial charge on any atom is -0.486 e. The van der Waals surface area contributed by atoms with Crippen LogP contribution in [0, 0.1) is 11.6 Å². The molecule has 0 amide bonds. The predicted molar refractivity (Wildman–Crippen MR) is 98.4 cm³/mol. The van der Waals surface area contributed by atoms with Crippen molar-refractivity contribution in [2.45, 2.75) is 6.61 Å². The summed E-state index contributed by atoms with van der Waals surface area (Å²) >= 11 is 3.22. The molecule has 0 unspecified atom stereocenters. The lowest BCUT2D eigenvalue weighted by atomic mass is 10.2. The van der Waals surface area contributed by atoms with E-state index in [-0.39, 0.29) is 12.4 Å². The monoisotopic (exact) mass is 436 g/mol. The van der Waals surface area contributed by atoms with Crippen molar-refractivity contribution in [3.05, 3.63) is 70.0 Å². The van der Waals surface area contributed by atoms with Crippen molar-refractivity contribution < 1.29 is 23.0 Å². The zero-order chi connectivity index (χ0) is 19.6. The number of esters is 1. The molecule has 140 valence electrons. The predicted octanol–water partition coefficient (Wildman–Crippen LogP) is 4.49. The van der Waals surface area contributed by atoms with Crippen molar-refractivity contribution in [2.24, 2.45) is 7.05 Å². The maximum Gasteiger partial charge on any atom is 0.339 e. The molecule has 0 spiro atoms. The first-order chi connectivity index (χ1) is 12.9. The molecular weight excluding hydrogens is 422 g/mol. The fourth-order valence-corrected chi connectivity index (χ4v) is 3.12. The van der Waals surface area contributed by atoms with E-state index in [9.17, 15) is 13.6 Å². The highest BCUT2D eigenvalue weighted by Gasteiger charge is 2.17. The summed E-state index contributed by atoms with van der Waals surface area (Å²) in [6, 6.07) is 7.14. The van der Waals surface area contributed by atoms with E-state index in [4.69, 9.17) is 9.47 Å². The van der Waals surface area contributed by atoms with Crippen molar-refractivity contribution >= 4 is 21.9 Å². The average Bonchev–Trinajstić information content (AvgIpc) is 3.00. The van der Waals surface area contributed by atoms with Gasteiger partial charge in [-0.3, -0.25) is 0 Å². The van der Waals surface area contributed by atoms with Gasteiger partial charge in [0.05, 0.1) is 24.6 Å². The number of methoxy groups -OCH3 is 1. The van der Waals surface area contributed by atoms with Gasteiger partial charge in [-0.05, 0) is 29.8 Å². The Kier molecular flexibility index (Phi) is 5.55. The summed E-state index contributed by atoms with van der Waals surface area (Å²) in [4.78, 5) is 15.8. The maximum absolute atomic E-state index is 13.7. The summed E-state index contributed by atoms with van der Waals surface area (Å²) < 4.78 is 39.9. The van der Waals surface area contributed by atoms with Crippen LogP contribution in [-0.4, -0.2) is 22.6 Å². The smallest absolute Gasteiger partial charge is 0.339 e. The van der Waals surface area contributed by atoms with Crippen LogP contribution in [0.2, 0.25) is 0 Å². The van der Waals surface area contributed by atoms with E-state index in [0.29, 0.717) is 27.0 Å². The maximum atomic E-state index is 13.7. The molecule has 0 saturated heterocycles. The van der Waals surface area contributed by atoms with Crippen molar-refractivity contribution in [3.63, 3.8) is 0 Å². The number of aryl methyl sites for hydroxylation is 1. The number of ether oxygens (including phenoxy) is 2. The Morgan fingerprint density at radius 3 is 2.67 bits per heavy atom. The summed E-state index contributed by atoms with van der Waals surface area (Å²) in [6.45, 7) is 0.0166. The molecule has 0 radical (unpaired) electrons. The molecule has 2 aromatic heterocycles. The molecule has 0 fully saturated rings. The van der Waals surface area contributed by atoms with E-state index in [2.05, 4.69) is 20.9 Å². The van der Waals surface area contributed by atoms with Crippen molar-refractivity contribution in [1.29, 1.82) is 0 Å². The van der Waals surface area contributed by atoms with Crippen LogP contribution in [0.15, 0.2) is 47.2 Å². The fourth-order valence-electron chi connectivity index (χ4n) is 2.61. The van der Waals surface area contributed by atoms with E-state index in [1.165, 1.54) is 25.3 Å². The van der Waals surface area contributed by atoms with Gasteiger partial charge in [0, 0.05) is 23.8 Å². The lowest BCUT2D eigenvalue weighted by Crippen LogP contribution is -2.01. The Balaban J connectivity index is 1.94. The highest BCUT2D eigenvalue weighted by molar-refractivity contribution is 9.10. The third-order valence-corrected chi connectivity index (χ3v) is 4.26. The van der Waals surface area contributed by atoms with Gasteiger partial charge in [0.15, 0.2) is 5.75 Å². The van der Waals surface area contributed by atoms with Crippen LogP contribution in [0.4, 0.5) is 8.78 Å². The molecule has 8 heteroatoms. The summed E-state index contributed by atoms with van der Waals surface area (Å²) in [5.41, 5.74) is 1.80. The van der Waals surface area contributed by atoms with E-state index in [0.717, 1.165) is 6.20 Å². The van der Waals surface area contributed by atoms with Crippen LogP contribution < -0.4 is 4.74 Å². The molecule has 0 atom stereocenters. The number of aromatic nitrogens is 2. The van der Waals surface area contributed by atoms with Crippen LogP contribution in [0.1, 0.15) is 15.9 Å². The van der Waals surface area contributed by atoms with Gasteiger partial charge >= 0.3 is 5.97 Å². The molecule has 2 heterocycles. The van der Waals surface area contributed by atoms with Gasteiger partial charge in [-0.2, -0.15) is 0 Å². The number of hydrogen-bond donors (Lipinski definition) is 0. The topological polar surface area (TPSA) is 53.4 Å². The molecule has 27 heavy (non-hydrogen) atoms. The summed E-state index contributed by atoms with van der Waals surface area (Å²) in [6.07, 6.45) is 2.64. The molecule has 0 aliphatic heterocycles. The number of pyridine rings is 1. The minimum atomic E-state index is -0.573. The molecule has 0 saturated carbocycles. The molecular formula is C19H15BrF2N2O3. The first kappa shape index (κ1) is 19.0. The van der Waals surface area contributed by atoms with E-state index in [1.807, 2.05) is 0 Å². The van der Waals surface area contributed by atoms with Gasteiger partial charge in [-0.15, -0.1) is 0 Å². The summed E-state index contributed by atoms with van der Waals surface area (Å²) in [5, 5.41) is 0. The molecule has 1 aromatic carbocycles. The number of benzene rings is 1. The molecule has 0 aliphatic carbocycles. The Labute approximate surface area is 162 Å². The molecule has 5 nitrogen and oxygen atoms in total. The van der Waals surface area contributed by atoms with Gasteiger partial charge in [0.1, 0.15) is 23.9 Å². The zero-order valence-electron chi connectivity index (χ0n) is 14.5. The highest BCUT2D eigenvalue weighted by atomic mass is 79.9. The number of rotatable bonds is 5. The quantitative estimate of drug-likeness (QED) is 0.552. The van der Waals surface area contributed by atoms with Gasteiger partial charge in [-0.1, -0.05) is 15.9 Å². The Bertz CT molecular complexity index is 984. The number of nitrogens with zero attached hydrogens (tertiary/aromatic N) is 2. The van der Waals surface area contributed by atoms with Crippen molar-refractivity contribution in [3.8, 4) is 17.1 Å². The third-order valence-electron chi connectivity index (χ3n) is 3.80. The van der Waals surface area contributed by atoms with Crippen molar-refractivity contribution in [1.82, 2.24) is 9.55 Å². The van der Waals surface area contributed by atoms with Gasteiger partial charge in [0.25, 0.3) is 0 Å². The van der Waals surface area contributed by atoms with E-state index in [1.54, 1.807) is 29.9 Å². The normalized spacial score (nSPS) is 10.7. The van der Waals surface area contributed by atoms with Crippen LogP contribution in [0.25, 0.3) is 11.4 Å². The highest BCUT2D eigenvalue weighted by Crippen LogP contribution is 2.30. The third kappa shape index (κ3) is 4.33. The fraction of sp³-hybridized carbons (Fsp3) is 0.158. The van der Waals surface area contributed by atoms with Crippen LogP contribution in [-0.2, 0) is 18.4 Å². The second kappa shape index (κ2) is 7.87. The standard InChI is InChI=1S/C19H15BrF2N2O3/c1-24-9-12(19(25)26-2)5-16(24)18-17(7-15(22)8-23-18)27-10-11-3-13(20)6-14(21)4-11/h3-9H,10H2,1-2H3. The van der Waals surface area contributed by atoms with Crippen molar-refractivity contribution in [2.75, 3.05) is 7.11 Å². The lowest BCUT2D eigenvalue weighted by molar-refractivity contribution is 0.0600. The number of hydrogen-bond acceptors (Lipinski definition) is 4. The number of carbonyl (C=O) groups is 1. The molecule has 0 N–H and O–H groups in total. The van der Waals surface area contributed by atoms with E-state index >= 15 is 0 Å². The zero-order valence-corrected chi connectivity index (χ0v) is 16.1. The van der Waals surface area contributed by atoms with Crippen LogP contribution >= 0.6 is 15.9 Å². The SMILES string of the molecule is COC(=O)c1cc(-c2ncc(F)cc2OCc2cc(F)cc(Br)c2)n(C)c1. The Hall–Kier alpha value is -2.74. The minimum absolute atomic E-state index is 0.0166. The molecule has 0 bridgehead atoms. The second-order valence-electron chi connectivity index (χ2n) is 5.78. The average molecular weight is 437 g/mol. The Morgan fingerprint density at radius 1 is 1.19 bits per heavy atom.